The molecule has 104 valence electrons. The van der Waals surface area contributed by atoms with Crippen LogP contribution in [0.4, 0.5) is 4.79 Å². The lowest BCUT2D eigenvalue weighted by Gasteiger charge is -2.13. The van der Waals surface area contributed by atoms with Crippen molar-refractivity contribution in [3.8, 4) is 5.75 Å². The maximum absolute atomic E-state index is 11.6. The zero-order valence-corrected chi connectivity index (χ0v) is 11.3. The molecule has 3 N–H and O–H groups in total. The summed E-state index contributed by atoms with van der Waals surface area (Å²) in [7, 11) is 0. The molecule has 1 atom stereocenters. The monoisotopic (exact) mass is 263 g/mol. The third-order valence-corrected chi connectivity index (χ3v) is 3.17. The molecule has 1 aromatic rings. The highest BCUT2D eigenvalue weighted by Gasteiger charge is 2.27. The number of hydrogen-bond donors (Lipinski definition) is 2. The Labute approximate surface area is 113 Å². The summed E-state index contributed by atoms with van der Waals surface area (Å²) >= 11 is 0. The van der Waals surface area contributed by atoms with Crippen LogP contribution in [0.25, 0.3) is 0 Å². The highest BCUT2D eigenvalue weighted by molar-refractivity contribution is 5.76. The van der Waals surface area contributed by atoms with Gasteiger partial charge < -0.3 is 20.7 Å². The molecular weight excluding hydrogens is 242 g/mol. The van der Waals surface area contributed by atoms with E-state index in [2.05, 4.69) is 5.32 Å². The molecule has 5 nitrogen and oxygen atoms in total. The van der Waals surface area contributed by atoms with Gasteiger partial charge >= 0.3 is 6.03 Å². The Hall–Kier alpha value is -1.75. The normalized spacial score (nSPS) is 18.5. The summed E-state index contributed by atoms with van der Waals surface area (Å²) in [5.74, 6) is 0.881. The van der Waals surface area contributed by atoms with E-state index in [0.29, 0.717) is 19.7 Å². The molecule has 1 saturated heterocycles. The van der Waals surface area contributed by atoms with Gasteiger partial charge in [0.1, 0.15) is 5.75 Å². The number of rotatable bonds is 6. The molecule has 2 rings (SSSR count). The van der Waals surface area contributed by atoms with Crippen molar-refractivity contribution in [2.24, 2.45) is 5.73 Å². The molecule has 1 aliphatic heterocycles. The molecule has 5 heteroatoms. The summed E-state index contributed by atoms with van der Waals surface area (Å²) in [6.45, 7) is 4.48. The van der Waals surface area contributed by atoms with Crippen molar-refractivity contribution in [3.63, 3.8) is 0 Å². The lowest BCUT2D eigenvalue weighted by atomic mass is 10.1. The average molecular weight is 263 g/mol. The highest BCUT2D eigenvalue weighted by Crippen LogP contribution is 2.15. The quantitative estimate of drug-likeness (QED) is 0.804. The van der Waals surface area contributed by atoms with Crippen molar-refractivity contribution in [2.45, 2.75) is 19.4 Å². The number of nitrogens with zero attached hydrogens (tertiary/aromatic N) is 1. The molecule has 0 aromatic heterocycles. The van der Waals surface area contributed by atoms with Crippen LogP contribution >= 0.6 is 0 Å². The zero-order chi connectivity index (χ0) is 13.7. The van der Waals surface area contributed by atoms with Gasteiger partial charge in [-0.05, 0) is 31.0 Å². The van der Waals surface area contributed by atoms with Gasteiger partial charge in [0.15, 0.2) is 0 Å². The topological polar surface area (TPSA) is 67.6 Å². The number of nitrogens with one attached hydrogen (secondary N) is 1. The van der Waals surface area contributed by atoms with E-state index < -0.39 is 0 Å². The number of hydrogen-bond acceptors (Lipinski definition) is 3. The first-order valence-electron chi connectivity index (χ1n) is 6.70. The largest absolute Gasteiger partial charge is 0.494 e. The Kier molecular flexibility index (Phi) is 4.63. The van der Waals surface area contributed by atoms with Gasteiger partial charge in [0.05, 0.1) is 12.6 Å². The summed E-state index contributed by atoms with van der Waals surface area (Å²) in [6, 6.07) is 8.17. The minimum atomic E-state index is -0.0126. The zero-order valence-electron chi connectivity index (χ0n) is 11.3. The van der Waals surface area contributed by atoms with Crippen LogP contribution < -0.4 is 15.8 Å². The second-order valence-corrected chi connectivity index (χ2v) is 4.66. The SMILES string of the molecule is CCOc1ccc(C[C@H]2CN(CCN)C(=O)N2)cc1. The Morgan fingerprint density at radius 3 is 2.79 bits per heavy atom. The van der Waals surface area contributed by atoms with Gasteiger partial charge in [0, 0.05) is 19.6 Å². The van der Waals surface area contributed by atoms with Gasteiger partial charge in [-0.2, -0.15) is 0 Å². The van der Waals surface area contributed by atoms with E-state index in [4.69, 9.17) is 10.5 Å². The summed E-state index contributed by atoms with van der Waals surface area (Å²) in [4.78, 5) is 13.4. The van der Waals surface area contributed by atoms with E-state index in [9.17, 15) is 4.79 Å². The van der Waals surface area contributed by atoms with Crippen molar-refractivity contribution in [3.05, 3.63) is 29.8 Å². The van der Waals surface area contributed by atoms with E-state index >= 15 is 0 Å². The molecule has 19 heavy (non-hydrogen) atoms. The van der Waals surface area contributed by atoms with Crippen LogP contribution in [0.15, 0.2) is 24.3 Å². The van der Waals surface area contributed by atoms with Crippen LogP contribution in [-0.2, 0) is 6.42 Å². The number of nitrogens with two attached hydrogens (primary N) is 1. The number of carbonyl (C=O) groups is 1. The summed E-state index contributed by atoms with van der Waals surface area (Å²) in [6.07, 6.45) is 0.833. The maximum atomic E-state index is 11.6. The fourth-order valence-corrected chi connectivity index (χ4v) is 2.30. The van der Waals surface area contributed by atoms with Crippen molar-refractivity contribution in [1.29, 1.82) is 0 Å². The van der Waals surface area contributed by atoms with E-state index in [-0.39, 0.29) is 12.1 Å². The van der Waals surface area contributed by atoms with Gasteiger partial charge in [-0.1, -0.05) is 12.1 Å². The van der Waals surface area contributed by atoms with E-state index in [1.807, 2.05) is 31.2 Å². The Morgan fingerprint density at radius 1 is 1.42 bits per heavy atom. The molecule has 0 bridgehead atoms. The Bertz CT molecular complexity index is 419. The maximum Gasteiger partial charge on any atom is 0.317 e. The van der Waals surface area contributed by atoms with Crippen LogP contribution in [0, 0.1) is 0 Å². The standard InChI is InChI=1S/C14H21N3O2/c1-2-19-13-5-3-11(4-6-13)9-12-10-17(8-7-15)14(18)16-12/h3-6,12H,2,7-10,15H2,1H3,(H,16,18)/t12-/m0/s1. The molecule has 0 unspecified atom stereocenters. The number of urea groups is 1. The lowest BCUT2D eigenvalue weighted by Crippen LogP contribution is -2.32. The summed E-state index contributed by atoms with van der Waals surface area (Å²) < 4.78 is 5.41. The first kappa shape index (κ1) is 13.7. The second-order valence-electron chi connectivity index (χ2n) is 4.66. The minimum Gasteiger partial charge on any atom is -0.494 e. The van der Waals surface area contributed by atoms with Gasteiger partial charge in [0.25, 0.3) is 0 Å². The molecule has 0 spiro atoms. The second kappa shape index (κ2) is 6.43. The van der Waals surface area contributed by atoms with E-state index in [0.717, 1.165) is 18.7 Å². The summed E-state index contributed by atoms with van der Waals surface area (Å²) in [5.41, 5.74) is 6.68. The number of carbonyl (C=O) groups excluding carboxylic acids is 1. The Morgan fingerprint density at radius 2 is 2.16 bits per heavy atom. The molecule has 1 heterocycles. The van der Waals surface area contributed by atoms with E-state index in [1.165, 1.54) is 5.56 Å². The van der Waals surface area contributed by atoms with Crippen molar-refractivity contribution >= 4 is 6.03 Å². The fraction of sp³-hybridized carbons (Fsp3) is 0.500. The first-order valence-corrected chi connectivity index (χ1v) is 6.70. The van der Waals surface area contributed by atoms with Crippen LogP contribution in [0.5, 0.6) is 5.75 Å². The predicted octanol–water partition coefficient (Wildman–Crippen LogP) is 0.980. The number of amides is 2. The molecular formula is C14H21N3O2. The van der Waals surface area contributed by atoms with Crippen molar-refractivity contribution in [1.82, 2.24) is 10.2 Å². The van der Waals surface area contributed by atoms with Gasteiger partial charge in [0.2, 0.25) is 0 Å². The van der Waals surface area contributed by atoms with E-state index in [1.54, 1.807) is 4.90 Å². The first-order chi connectivity index (χ1) is 9.22. The van der Waals surface area contributed by atoms with Gasteiger partial charge in [-0.25, -0.2) is 4.79 Å². The average Bonchev–Trinajstić information content (AvgIpc) is 2.73. The third-order valence-electron chi connectivity index (χ3n) is 3.17. The van der Waals surface area contributed by atoms with Gasteiger partial charge in [-0.15, -0.1) is 0 Å². The smallest absolute Gasteiger partial charge is 0.317 e. The highest BCUT2D eigenvalue weighted by atomic mass is 16.5. The van der Waals surface area contributed by atoms with Gasteiger partial charge in [-0.3, -0.25) is 0 Å². The van der Waals surface area contributed by atoms with Crippen molar-refractivity contribution < 1.29 is 9.53 Å². The molecule has 0 radical (unpaired) electrons. The molecule has 0 aliphatic carbocycles. The molecule has 2 amide bonds. The third kappa shape index (κ3) is 3.61. The van der Waals surface area contributed by atoms with Crippen LogP contribution in [0.2, 0.25) is 0 Å². The number of ether oxygens (including phenoxy) is 1. The van der Waals surface area contributed by atoms with Crippen molar-refractivity contribution in [2.75, 3.05) is 26.2 Å². The summed E-state index contributed by atoms with van der Waals surface area (Å²) in [5, 5.41) is 2.98. The molecule has 1 fully saturated rings. The number of benzene rings is 1. The molecule has 1 aliphatic rings. The fourth-order valence-electron chi connectivity index (χ4n) is 2.30. The van der Waals surface area contributed by atoms with Crippen LogP contribution in [-0.4, -0.2) is 43.2 Å². The van der Waals surface area contributed by atoms with Crippen LogP contribution in [0.1, 0.15) is 12.5 Å². The Balaban J connectivity index is 1.89. The predicted molar refractivity (Wildman–Crippen MR) is 74.3 cm³/mol. The lowest BCUT2D eigenvalue weighted by molar-refractivity contribution is 0.218. The minimum absolute atomic E-state index is 0.0126. The molecule has 1 aromatic carbocycles. The van der Waals surface area contributed by atoms with Crippen LogP contribution in [0.3, 0.4) is 0 Å². The molecule has 0 saturated carbocycles.